The molecule has 3 saturated heterocycles. The molecule has 1 aromatic heterocycles. The second kappa shape index (κ2) is 7.66. The number of fused-ring (bicyclic) bond motifs is 3. The first kappa shape index (κ1) is 17.9. The Kier molecular flexibility index (Phi) is 5.09. The van der Waals surface area contributed by atoms with E-state index >= 15 is 0 Å². The van der Waals surface area contributed by atoms with Crippen LogP contribution < -0.4 is 4.90 Å². The second-order valence-electron chi connectivity index (χ2n) is 6.96. The fourth-order valence-electron chi connectivity index (χ4n) is 3.73. The number of carbonyl (C=O) groups is 2. The summed E-state index contributed by atoms with van der Waals surface area (Å²) in [4.78, 5) is 32.1. The van der Waals surface area contributed by atoms with E-state index in [0.29, 0.717) is 11.0 Å². The van der Waals surface area contributed by atoms with Crippen LogP contribution in [0.3, 0.4) is 0 Å². The van der Waals surface area contributed by atoms with E-state index in [1.165, 1.54) is 28.4 Å². The van der Waals surface area contributed by atoms with E-state index in [4.69, 9.17) is 9.84 Å². The van der Waals surface area contributed by atoms with Crippen LogP contribution in [0, 0.1) is 5.92 Å². The molecule has 1 N–H and O–H groups in total. The maximum absolute atomic E-state index is 12.9. The number of ether oxygens (including phenoxy) is 1. The molecule has 8 heteroatoms. The maximum Gasteiger partial charge on any atom is 0.416 e. The van der Waals surface area contributed by atoms with Crippen molar-refractivity contribution in [1.29, 1.82) is 0 Å². The number of anilines is 1. The summed E-state index contributed by atoms with van der Waals surface area (Å²) in [5.41, 5.74) is 1.04. The van der Waals surface area contributed by atoms with Gasteiger partial charge >= 0.3 is 12.1 Å². The number of amides is 1. The van der Waals surface area contributed by atoms with Gasteiger partial charge in [-0.1, -0.05) is 12.1 Å². The van der Waals surface area contributed by atoms with Crippen LogP contribution in [0.2, 0.25) is 0 Å². The van der Waals surface area contributed by atoms with Crippen LogP contribution in [-0.2, 0) is 11.3 Å². The smallest absolute Gasteiger partial charge is 0.416 e. The van der Waals surface area contributed by atoms with Gasteiger partial charge in [0.2, 0.25) is 0 Å². The van der Waals surface area contributed by atoms with Crippen LogP contribution in [0.15, 0.2) is 35.8 Å². The first-order chi connectivity index (χ1) is 13.1. The predicted octanol–water partition coefficient (Wildman–Crippen LogP) is 3.08. The van der Waals surface area contributed by atoms with Gasteiger partial charge in [-0.2, -0.15) is 0 Å². The number of hydrogen-bond acceptors (Lipinski definition) is 6. The predicted molar refractivity (Wildman–Crippen MR) is 101 cm³/mol. The largest absolute Gasteiger partial charge is 0.478 e. The molecule has 1 atom stereocenters. The molecule has 0 aliphatic carbocycles. The first-order valence-corrected chi connectivity index (χ1v) is 9.90. The van der Waals surface area contributed by atoms with Crippen molar-refractivity contribution in [2.45, 2.75) is 25.5 Å². The molecule has 142 valence electrons. The maximum atomic E-state index is 12.9. The lowest BCUT2D eigenvalue weighted by atomic mass is 9.86. The van der Waals surface area contributed by atoms with E-state index in [0.717, 1.165) is 38.0 Å². The molecular formula is C19H21N3O4S. The van der Waals surface area contributed by atoms with Crippen LogP contribution in [-0.4, -0.2) is 52.8 Å². The molecule has 0 spiro atoms. The van der Waals surface area contributed by atoms with Gasteiger partial charge in [0, 0.05) is 18.1 Å². The van der Waals surface area contributed by atoms with Gasteiger partial charge in [0.15, 0.2) is 5.13 Å². The van der Waals surface area contributed by atoms with Crippen LogP contribution in [0.4, 0.5) is 9.93 Å². The number of carboxylic acid groups (broad SMARTS) is 1. The summed E-state index contributed by atoms with van der Waals surface area (Å²) in [6.07, 6.45) is 3.34. The SMILES string of the molecule is O=C(O)c1ccc(CN(C(=O)O[C@H]2CN3CCC2CC3)c2nccs2)cc1. The molecule has 2 bridgehead atoms. The Balaban J connectivity index is 1.49. The van der Waals surface area contributed by atoms with Crippen LogP contribution >= 0.6 is 11.3 Å². The van der Waals surface area contributed by atoms with Gasteiger partial charge in [-0.15, -0.1) is 11.3 Å². The van der Waals surface area contributed by atoms with Crippen molar-refractivity contribution < 1.29 is 19.4 Å². The summed E-state index contributed by atoms with van der Waals surface area (Å²) in [5.74, 6) is -0.535. The number of aromatic carboxylic acids is 1. The number of thiazole rings is 1. The Morgan fingerprint density at radius 2 is 2.00 bits per heavy atom. The lowest BCUT2D eigenvalue weighted by molar-refractivity contribution is -0.0311. The average molecular weight is 387 g/mol. The minimum atomic E-state index is -0.972. The standard InChI is InChI=1S/C19H21N3O4S/c23-17(24)15-3-1-13(2-4-15)11-22(18-20-7-10-27-18)19(25)26-16-12-21-8-5-14(16)6-9-21/h1-4,7,10,14,16H,5-6,8-9,11-12H2,(H,23,24)/t16-/m0/s1. The number of benzene rings is 1. The number of aromatic nitrogens is 1. The minimum absolute atomic E-state index is 0.0724. The molecule has 27 heavy (non-hydrogen) atoms. The van der Waals surface area contributed by atoms with Crippen molar-refractivity contribution in [3.8, 4) is 0 Å². The normalized spacial score (nSPS) is 23.8. The van der Waals surface area contributed by atoms with E-state index < -0.39 is 12.1 Å². The molecule has 0 unspecified atom stereocenters. The topological polar surface area (TPSA) is 83.0 Å². The quantitative estimate of drug-likeness (QED) is 0.849. The molecule has 3 aliphatic heterocycles. The molecule has 1 amide bonds. The van der Waals surface area contributed by atoms with E-state index in [1.807, 2.05) is 5.38 Å². The lowest BCUT2D eigenvalue weighted by Gasteiger charge is -2.44. The zero-order valence-electron chi connectivity index (χ0n) is 14.8. The summed E-state index contributed by atoms with van der Waals surface area (Å²) < 4.78 is 5.86. The van der Waals surface area contributed by atoms with Gasteiger partial charge in [0.25, 0.3) is 0 Å². The number of hydrogen-bond donors (Lipinski definition) is 1. The van der Waals surface area contributed by atoms with Crippen LogP contribution in [0.5, 0.6) is 0 Å². The third-order valence-corrected chi connectivity index (χ3v) is 6.05. The van der Waals surface area contributed by atoms with Crippen molar-refractivity contribution >= 4 is 28.5 Å². The van der Waals surface area contributed by atoms with Gasteiger partial charge < -0.3 is 9.84 Å². The Morgan fingerprint density at radius 1 is 1.26 bits per heavy atom. The highest BCUT2D eigenvalue weighted by Gasteiger charge is 2.37. The third kappa shape index (κ3) is 3.96. The average Bonchev–Trinajstić information content (AvgIpc) is 3.21. The fourth-order valence-corrected chi connectivity index (χ4v) is 4.36. The zero-order valence-corrected chi connectivity index (χ0v) is 15.6. The summed E-state index contributed by atoms with van der Waals surface area (Å²) in [6.45, 7) is 3.26. The molecule has 2 aromatic rings. The molecule has 5 rings (SSSR count). The summed E-state index contributed by atoms with van der Waals surface area (Å²) in [5, 5.41) is 11.4. The molecule has 7 nitrogen and oxygen atoms in total. The molecule has 0 radical (unpaired) electrons. The Morgan fingerprint density at radius 3 is 2.56 bits per heavy atom. The Labute approximate surface area is 161 Å². The molecular weight excluding hydrogens is 366 g/mol. The van der Waals surface area contributed by atoms with Crippen molar-refractivity contribution in [1.82, 2.24) is 9.88 Å². The summed E-state index contributed by atoms with van der Waals surface area (Å²) in [7, 11) is 0. The van der Waals surface area contributed by atoms with Crippen LogP contribution in [0.1, 0.15) is 28.8 Å². The summed E-state index contributed by atoms with van der Waals surface area (Å²) in [6, 6.07) is 6.50. The molecule has 1 aromatic carbocycles. The number of rotatable bonds is 5. The van der Waals surface area contributed by atoms with Gasteiger partial charge in [-0.3, -0.25) is 4.90 Å². The van der Waals surface area contributed by atoms with Gasteiger partial charge in [0.05, 0.1) is 12.1 Å². The van der Waals surface area contributed by atoms with Gasteiger partial charge in [0.1, 0.15) is 6.10 Å². The molecule has 0 saturated carbocycles. The first-order valence-electron chi connectivity index (χ1n) is 9.02. The van der Waals surface area contributed by atoms with E-state index in [-0.39, 0.29) is 18.2 Å². The lowest BCUT2D eigenvalue weighted by Crippen LogP contribution is -2.53. The second-order valence-corrected chi connectivity index (χ2v) is 7.84. The highest BCUT2D eigenvalue weighted by Crippen LogP contribution is 2.31. The number of carbonyl (C=O) groups excluding carboxylic acids is 1. The van der Waals surface area contributed by atoms with Crippen molar-refractivity contribution in [2.75, 3.05) is 24.5 Å². The molecule has 3 aliphatic rings. The van der Waals surface area contributed by atoms with Crippen molar-refractivity contribution in [2.24, 2.45) is 5.92 Å². The van der Waals surface area contributed by atoms with Crippen LogP contribution in [0.25, 0.3) is 0 Å². The third-order valence-electron chi connectivity index (χ3n) is 5.26. The highest BCUT2D eigenvalue weighted by molar-refractivity contribution is 7.13. The fraction of sp³-hybridized carbons (Fsp3) is 0.421. The van der Waals surface area contributed by atoms with Crippen molar-refractivity contribution in [3.05, 3.63) is 47.0 Å². The summed E-state index contributed by atoms with van der Waals surface area (Å²) >= 11 is 1.37. The van der Waals surface area contributed by atoms with E-state index in [9.17, 15) is 9.59 Å². The highest BCUT2D eigenvalue weighted by atomic mass is 32.1. The Bertz CT molecular complexity index is 801. The monoisotopic (exact) mass is 387 g/mol. The number of carboxylic acids is 1. The Hall–Kier alpha value is -2.45. The van der Waals surface area contributed by atoms with Gasteiger partial charge in [-0.25, -0.2) is 19.5 Å². The van der Waals surface area contributed by atoms with Gasteiger partial charge in [-0.05, 0) is 49.5 Å². The minimum Gasteiger partial charge on any atom is -0.478 e. The number of piperidine rings is 3. The molecule has 3 fully saturated rings. The molecule has 4 heterocycles. The number of nitrogens with zero attached hydrogens (tertiary/aromatic N) is 3. The van der Waals surface area contributed by atoms with E-state index in [1.54, 1.807) is 18.3 Å². The van der Waals surface area contributed by atoms with E-state index in [2.05, 4.69) is 9.88 Å². The zero-order chi connectivity index (χ0) is 18.8. The van der Waals surface area contributed by atoms with Crippen molar-refractivity contribution in [3.63, 3.8) is 0 Å².